The molecule has 2 aliphatic rings. The lowest BCUT2D eigenvalue weighted by atomic mass is 9.77. The molecule has 160 valence electrons. The molecule has 31 heavy (non-hydrogen) atoms. The second kappa shape index (κ2) is 8.66. The first-order valence-corrected chi connectivity index (χ1v) is 11.0. The van der Waals surface area contributed by atoms with E-state index >= 15 is 0 Å². The van der Waals surface area contributed by atoms with Crippen LogP contribution in [0.4, 0.5) is 0 Å². The van der Waals surface area contributed by atoms with Crippen LogP contribution in [0.5, 0.6) is 0 Å². The summed E-state index contributed by atoms with van der Waals surface area (Å²) in [5.41, 5.74) is 4.05. The second-order valence-corrected chi connectivity index (χ2v) is 8.91. The molecule has 7 nitrogen and oxygen atoms in total. The fraction of sp³-hybridized carbons (Fsp3) is 0.458. The fourth-order valence-corrected chi connectivity index (χ4v) is 5.36. The average Bonchev–Trinajstić information content (AvgIpc) is 3.53. The molecule has 1 saturated heterocycles. The van der Waals surface area contributed by atoms with Crippen LogP contribution in [-0.2, 0) is 17.7 Å². The van der Waals surface area contributed by atoms with Gasteiger partial charge in [-0.2, -0.15) is 5.26 Å². The highest BCUT2D eigenvalue weighted by molar-refractivity contribution is 5.26. The summed E-state index contributed by atoms with van der Waals surface area (Å²) < 4.78 is 7.96. The van der Waals surface area contributed by atoms with Crippen LogP contribution < -0.4 is 0 Å². The number of methoxy groups -OCH3 is 1. The van der Waals surface area contributed by atoms with Crippen molar-refractivity contribution in [2.45, 2.75) is 38.0 Å². The highest BCUT2D eigenvalue weighted by atomic mass is 16.5. The number of fused-ring (bicyclic) bond motifs is 1. The van der Waals surface area contributed by atoms with Gasteiger partial charge < -0.3 is 9.72 Å². The first-order valence-electron chi connectivity index (χ1n) is 11.0. The molecule has 0 unspecified atom stereocenters. The number of hydrogen-bond donors (Lipinski definition) is 1. The van der Waals surface area contributed by atoms with Gasteiger partial charge >= 0.3 is 0 Å². The van der Waals surface area contributed by atoms with Crippen LogP contribution in [0.3, 0.4) is 0 Å². The van der Waals surface area contributed by atoms with Crippen molar-refractivity contribution in [2.75, 3.05) is 20.2 Å². The lowest BCUT2D eigenvalue weighted by molar-refractivity contribution is -0.00546. The molecule has 0 spiro atoms. The van der Waals surface area contributed by atoms with Crippen molar-refractivity contribution < 1.29 is 4.74 Å². The van der Waals surface area contributed by atoms with Gasteiger partial charge in [-0.3, -0.25) is 4.90 Å². The van der Waals surface area contributed by atoms with Crippen molar-refractivity contribution in [3.05, 3.63) is 71.3 Å². The van der Waals surface area contributed by atoms with Gasteiger partial charge in [-0.15, -0.1) is 5.10 Å². The Kier molecular flexibility index (Phi) is 5.58. The first-order chi connectivity index (χ1) is 15.2. The zero-order valence-electron chi connectivity index (χ0n) is 17.8. The minimum absolute atomic E-state index is 0.157. The molecular formula is C24H28N6O. The average molecular weight is 417 g/mol. The third-order valence-corrected chi connectivity index (χ3v) is 6.86. The Balaban J connectivity index is 1.26. The van der Waals surface area contributed by atoms with Crippen molar-refractivity contribution in [3.63, 3.8) is 0 Å². The van der Waals surface area contributed by atoms with Crippen LogP contribution >= 0.6 is 0 Å². The predicted octanol–water partition coefficient (Wildman–Crippen LogP) is 3.17. The van der Waals surface area contributed by atoms with Gasteiger partial charge in [0, 0.05) is 45.6 Å². The zero-order valence-corrected chi connectivity index (χ0v) is 17.8. The summed E-state index contributed by atoms with van der Waals surface area (Å²) in [4.78, 5) is 5.54. The minimum atomic E-state index is 0.157. The van der Waals surface area contributed by atoms with Crippen molar-refractivity contribution in [2.24, 2.45) is 11.8 Å². The van der Waals surface area contributed by atoms with E-state index in [1.807, 2.05) is 30.1 Å². The lowest BCUT2D eigenvalue weighted by Crippen LogP contribution is -2.37. The van der Waals surface area contributed by atoms with E-state index in [9.17, 15) is 0 Å². The zero-order chi connectivity index (χ0) is 21.2. The lowest BCUT2D eigenvalue weighted by Gasteiger charge is -2.37. The number of aromatic amines is 1. The number of benzene rings is 1. The molecule has 4 atom stereocenters. The van der Waals surface area contributed by atoms with E-state index in [2.05, 4.69) is 56.7 Å². The molecule has 3 aromatic rings. The number of hydrogen-bond acceptors (Lipinski definition) is 5. The number of nitrogens with one attached hydrogen (secondary N) is 1. The summed E-state index contributed by atoms with van der Waals surface area (Å²) in [7, 11) is 1.82. The molecule has 1 aliphatic carbocycles. The van der Waals surface area contributed by atoms with E-state index in [0.29, 0.717) is 17.5 Å². The standard InChI is InChI=1S/C24H28N6O/c1-31-24-10-20-15-29(13-18-8-21(11-25)26-12-18)14-19(20)9-23(24)30-16-22(27-28-30)7-17-5-3-2-4-6-17/h2-6,8,12,16,19-20,23-24,26H,7,9-10,13-15H2,1H3/t19-,20+,23-,24-/m1/s1. The molecule has 1 aromatic carbocycles. The quantitative estimate of drug-likeness (QED) is 0.667. The number of aromatic nitrogens is 4. The Bertz CT molecular complexity index is 1050. The molecule has 0 bridgehead atoms. The van der Waals surface area contributed by atoms with Gasteiger partial charge in [0.05, 0.1) is 17.8 Å². The number of likely N-dealkylation sites (tertiary alicyclic amines) is 1. The van der Waals surface area contributed by atoms with Gasteiger partial charge in [-0.1, -0.05) is 35.5 Å². The third kappa shape index (κ3) is 4.27. The molecule has 1 aliphatic heterocycles. The summed E-state index contributed by atoms with van der Waals surface area (Å²) in [6, 6.07) is 14.7. The van der Waals surface area contributed by atoms with Crippen molar-refractivity contribution in [3.8, 4) is 6.07 Å². The first kappa shape index (κ1) is 20.0. The van der Waals surface area contributed by atoms with Crippen LogP contribution in [0, 0.1) is 23.2 Å². The number of nitrogens with zero attached hydrogens (tertiary/aromatic N) is 5. The van der Waals surface area contributed by atoms with Gasteiger partial charge in [-0.05, 0) is 41.9 Å². The van der Waals surface area contributed by atoms with E-state index in [0.717, 1.165) is 44.6 Å². The van der Waals surface area contributed by atoms with E-state index in [-0.39, 0.29) is 12.1 Å². The molecule has 0 amide bonds. The molecule has 2 fully saturated rings. The number of H-pyrrole nitrogens is 1. The van der Waals surface area contributed by atoms with Gasteiger partial charge in [0.15, 0.2) is 0 Å². The highest BCUT2D eigenvalue weighted by Crippen LogP contribution is 2.42. The molecule has 1 N–H and O–H groups in total. The van der Waals surface area contributed by atoms with Crippen LogP contribution in [0.2, 0.25) is 0 Å². The normalized spacial score (nSPS) is 25.9. The van der Waals surface area contributed by atoms with Gasteiger partial charge in [0.2, 0.25) is 0 Å². The Morgan fingerprint density at radius 2 is 1.97 bits per heavy atom. The maximum atomic E-state index is 9.04. The maximum Gasteiger partial charge on any atom is 0.117 e. The summed E-state index contributed by atoms with van der Waals surface area (Å²) in [5, 5.41) is 18.0. The van der Waals surface area contributed by atoms with Crippen molar-refractivity contribution >= 4 is 0 Å². The van der Waals surface area contributed by atoms with Crippen LogP contribution in [0.25, 0.3) is 0 Å². The van der Waals surface area contributed by atoms with E-state index in [1.54, 1.807) is 0 Å². The smallest absolute Gasteiger partial charge is 0.117 e. The Hall–Kier alpha value is -2.95. The van der Waals surface area contributed by atoms with Gasteiger partial charge in [0.1, 0.15) is 11.8 Å². The van der Waals surface area contributed by atoms with E-state index in [4.69, 9.17) is 10.00 Å². The largest absolute Gasteiger partial charge is 0.379 e. The van der Waals surface area contributed by atoms with Crippen LogP contribution in [0.1, 0.15) is 41.4 Å². The predicted molar refractivity (Wildman–Crippen MR) is 116 cm³/mol. The third-order valence-electron chi connectivity index (χ3n) is 6.86. The number of nitriles is 1. The Morgan fingerprint density at radius 3 is 2.71 bits per heavy atom. The molecule has 5 rings (SSSR count). The van der Waals surface area contributed by atoms with Crippen molar-refractivity contribution in [1.29, 1.82) is 5.26 Å². The second-order valence-electron chi connectivity index (χ2n) is 8.91. The van der Waals surface area contributed by atoms with Gasteiger partial charge in [0.25, 0.3) is 0 Å². The molecule has 0 radical (unpaired) electrons. The monoisotopic (exact) mass is 416 g/mol. The maximum absolute atomic E-state index is 9.04. The van der Waals surface area contributed by atoms with E-state index < -0.39 is 0 Å². The van der Waals surface area contributed by atoms with E-state index in [1.165, 1.54) is 11.1 Å². The summed E-state index contributed by atoms with van der Waals surface area (Å²) in [6.45, 7) is 3.05. The topological polar surface area (TPSA) is 82.8 Å². The van der Waals surface area contributed by atoms with Gasteiger partial charge in [-0.25, -0.2) is 4.68 Å². The number of ether oxygens (including phenoxy) is 1. The molecule has 3 heterocycles. The van der Waals surface area contributed by atoms with Crippen molar-refractivity contribution in [1.82, 2.24) is 24.9 Å². The molecule has 7 heteroatoms. The highest BCUT2D eigenvalue weighted by Gasteiger charge is 2.43. The number of rotatable bonds is 6. The summed E-state index contributed by atoms with van der Waals surface area (Å²) in [5.74, 6) is 1.27. The fourth-order valence-electron chi connectivity index (χ4n) is 5.36. The van der Waals surface area contributed by atoms with Crippen LogP contribution in [0.15, 0.2) is 48.8 Å². The Labute approximate surface area is 182 Å². The molecule has 1 saturated carbocycles. The van der Waals surface area contributed by atoms with Crippen LogP contribution in [-0.4, -0.2) is 51.2 Å². The summed E-state index contributed by atoms with van der Waals surface area (Å²) in [6.07, 6.45) is 7.11. The Morgan fingerprint density at radius 1 is 1.16 bits per heavy atom. The summed E-state index contributed by atoms with van der Waals surface area (Å²) >= 11 is 0. The minimum Gasteiger partial charge on any atom is -0.379 e. The molecule has 2 aromatic heterocycles. The molecular weight excluding hydrogens is 388 g/mol. The SMILES string of the molecule is CO[C@@H]1C[C@H]2CN(Cc3c[nH]c(C#N)c3)C[C@H]2C[C@H]1n1cc(Cc2ccccc2)nn1.